The molecule has 5 nitrogen and oxygen atoms in total. The van der Waals surface area contributed by atoms with E-state index >= 15 is 0 Å². The number of hydrogen-bond acceptors (Lipinski definition) is 4. The van der Waals surface area contributed by atoms with E-state index in [1.165, 1.54) is 24.3 Å². The van der Waals surface area contributed by atoms with Gasteiger partial charge < -0.3 is 14.8 Å². The van der Waals surface area contributed by atoms with E-state index in [1.807, 2.05) is 19.1 Å². The molecule has 0 spiro atoms. The maximum absolute atomic E-state index is 12.1. The molecule has 0 fully saturated rings. The summed E-state index contributed by atoms with van der Waals surface area (Å²) in [5.74, 6) is -1.27. The molecule has 0 unspecified atom stereocenters. The number of ether oxygens (including phenoxy) is 2. The third-order valence-electron chi connectivity index (χ3n) is 3.32. The van der Waals surface area contributed by atoms with Gasteiger partial charge in [-0.05, 0) is 42.3 Å². The van der Waals surface area contributed by atoms with Crippen molar-refractivity contribution in [2.45, 2.75) is 20.0 Å². The molecule has 132 valence electrons. The van der Waals surface area contributed by atoms with Crippen molar-refractivity contribution in [2.24, 2.45) is 0 Å². The van der Waals surface area contributed by atoms with Crippen LogP contribution < -0.4 is 10.1 Å². The van der Waals surface area contributed by atoms with E-state index in [9.17, 15) is 18.4 Å². The van der Waals surface area contributed by atoms with Crippen molar-refractivity contribution in [2.75, 3.05) is 11.9 Å². The van der Waals surface area contributed by atoms with Crippen LogP contribution in [-0.2, 0) is 16.0 Å². The van der Waals surface area contributed by atoms with Crippen LogP contribution >= 0.6 is 0 Å². The predicted octanol–water partition coefficient (Wildman–Crippen LogP) is 3.65. The Balaban J connectivity index is 1.87. The van der Waals surface area contributed by atoms with Crippen LogP contribution in [0.2, 0.25) is 0 Å². The molecule has 0 saturated heterocycles. The lowest BCUT2D eigenvalue weighted by Gasteiger charge is -2.10. The summed E-state index contributed by atoms with van der Waals surface area (Å²) in [5.41, 5.74) is 1.76. The first-order chi connectivity index (χ1) is 12.0. The van der Waals surface area contributed by atoms with Gasteiger partial charge in [-0.25, -0.2) is 4.79 Å². The molecular weight excluding hydrogens is 332 g/mol. The first-order valence-corrected chi connectivity index (χ1v) is 7.59. The van der Waals surface area contributed by atoms with Crippen molar-refractivity contribution in [1.29, 1.82) is 0 Å². The van der Waals surface area contributed by atoms with Crippen molar-refractivity contribution in [3.05, 3.63) is 59.7 Å². The van der Waals surface area contributed by atoms with Gasteiger partial charge in [0.15, 0.2) is 6.61 Å². The number of para-hydroxylation sites is 1. The van der Waals surface area contributed by atoms with E-state index in [0.29, 0.717) is 5.69 Å². The van der Waals surface area contributed by atoms with E-state index in [0.717, 1.165) is 12.0 Å². The Morgan fingerprint density at radius 2 is 1.76 bits per heavy atom. The second-order valence-electron chi connectivity index (χ2n) is 5.04. The highest BCUT2D eigenvalue weighted by Crippen LogP contribution is 2.16. The van der Waals surface area contributed by atoms with Crippen LogP contribution in [0.1, 0.15) is 22.8 Å². The first kappa shape index (κ1) is 18.4. The molecule has 0 bridgehead atoms. The van der Waals surface area contributed by atoms with Gasteiger partial charge in [0.25, 0.3) is 5.91 Å². The van der Waals surface area contributed by atoms with Gasteiger partial charge in [-0.2, -0.15) is 8.78 Å². The Morgan fingerprint density at radius 1 is 1.08 bits per heavy atom. The zero-order chi connectivity index (χ0) is 18.2. The summed E-state index contributed by atoms with van der Waals surface area (Å²) in [6, 6.07) is 12.3. The van der Waals surface area contributed by atoms with Gasteiger partial charge in [-0.3, -0.25) is 4.79 Å². The number of halogens is 2. The minimum Gasteiger partial charge on any atom is -0.452 e. The Kier molecular flexibility index (Phi) is 6.45. The molecular formula is C18H17F2NO4. The molecule has 0 saturated carbocycles. The maximum Gasteiger partial charge on any atom is 0.387 e. The molecule has 25 heavy (non-hydrogen) atoms. The number of esters is 1. The number of carbonyl (C=O) groups excluding carboxylic acids is 2. The fourth-order valence-corrected chi connectivity index (χ4v) is 2.12. The first-order valence-electron chi connectivity index (χ1n) is 7.59. The molecule has 0 radical (unpaired) electrons. The zero-order valence-electron chi connectivity index (χ0n) is 13.5. The fraction of sp³-hybridized carbons (Fsp3) is 0.222. The molecule has 2 aromatic rings. The number of aryl methyl sites for hydroxylation is 1. The number of amides is 1. The molecule has 0 aromatic heterocycles. The number of benzene rings is 2. The number of rotatable bonds is 7. The Bertz CT molecular complexity index is 732. The predicted molar refractivity (Wildman–Crippen MR) is 87.8 cm³/mol. The third kappa shape index (κ3) is 5.56. The van der Waals surface area contributed by atoms with Crippen LogP contribution in [0, 0.1) is 0 Å². The molecule has 0 aliphatic heterocycles. The summed E-state index contributed by atoms with van der Waals surface area (Å²) in [7, 11) is 0. The monoisotopic (exact) mass is 349 g/mol. The normalized spacial score (nSPS) is 10.4. The standard InChI is InChI=1S/C18H17F2NO4/c1-2-12-5-3-4-6-15(12)21-16(22)11-24-17(23)13-7-9-14(10-8-13)25-18(19)20/h3-10,18H,2,11H2,1H3,(H,21,22). The van der Waals surface area contributed by atoms with Crippen molar-refractivity contribution in [3.63, 3.8) is 0 Å². The molecule has 1 amide bonds. The minimum atomic E-state index is -2.94. The Hall–Kier alpha value is -2.96. The number of anilines is 1. The van der Waals surface area contributed by atoms with Gasteiger partial charge >= 0.3 is 12.6 Å². The average molecular weight is 349 g/mol. The third-order valence-corrected chi connectivity index (χ3v) is 3.32. The van der Waals surface area contributed by atoms with Crippen LogP contribution in [0.3, 0.4) is 0 Å². The SMILES string of the molecule is CCc1ccccc1NC(=O)COC(=O)c1ccc(OC(F)F)cc1. The number of nitrogens with one attached hydrogen (secondary N) is 1. The van der Waals surface area contributed by atoms with E-state index in [4.69, 9.17) is 4.74 Å². The summed E-state index contributed by atoms with van der Waals surface area (Å²) in [6.45, 7) is -1.43. The Morgan fingerprint density at radius 3 is 2.40 bits per heavy atom. The molecule has 0 aliphatic rings. The fourth-order valence-electron chi connectivity index (χ4n) is 2.12. The lowest BCUT2D eigenvalue weighted by Crippen LogP contribution is -2.21. The molecule has 2 aromatic carbocycles. The number of hydrogen-bond donors (Lipinski definition) is 1. The minimum absolute atomic E-state index is 0.0690. The van der Waals surface area contributed by atoms with E-state index in [2.05, 4.69) is 10.1 Å². The molecule has 0 aliphatic carbocycles. The topological polar surface area (TPSA) is 64.6 Å². The lowest BCUT2D eigenvalue weighted by molar-refractivity contribution is -0.119. The Labute approximate surface area is 143 Å². The van der Waals surface area contributed by atoms with Gasteiger partial charge in [-0.15, -0.1) is 0 Å². The van der Waals surface area contributed by atoms with Crippen molar-refractivity contribution in [3.8, 4) is 5.75 Å². The van der Waals surface area contributed by atoms with Gasteiger partial charge in [0.2, 0.25) is 0 Å². The second-order valence-corrected chi connectivity index (χ2v) is 5.04. The van der Waals surface area contributed by atoms with Crippen LogP contribution in [0.4, 0.5) is 14.5 Å². The summed E-state index contributed by atoms with van der Waals surface area (Å²) in [5, 5.41) is 2.68. The summed E-state index contributed by atoms with van der Waals surface area (Å²) in [4.78, 5) is 23.8. The van der Waals surface area contributed by atoms with Gasteiger partial charge in [0.1, 0.15) is 5.75 Å². The number of carbonyl (C=O) groups is 2. The van der Waals surface area contributed by atoms with Crippen molar-refractivity contribution in [1.82, 2.24) is 0 Å². The quantitative estimate of drug-likeness (QED) is 0.775. The van der Waals surface area contributed by atoms with Crippen LogP contribution in [-0.4, -0.2) is 25.1 Å². The van der Waals surface area contributed by atoms with Gasteiger partial charge in [0.05, 0.1) is 5.56 Å². The largest absolute Gasteiger partial charge is 0.452 e. The lowest BCUT2D eigenvalue weighted by atomic mass is 10.1. The highest BCUT2D eigenvalue weighted by Gasteiger charge is 2.12. The van der Waals surface area contributed by atoms with E-state index in [-0.39, 0.29) is 11.3 Å². The number of alkyl halides is 2. The summed E-state index contributed by atoms with van der Waals surface area (Å²) in [6.07, 6.45) is 0.753. The zero-order valence-corrected chi connectivity index (χ0v) is 13.5. The summed E-state index contributed by atoms with van der Waals surface area (Å²) < 4.78 is 33.2. The van der Waals surface area contributed by atoms with Crippen molar-refractivity contribution >= 4 is 17.6 Å². The molecule has 0 atom stereocenters. The smallest absolute Gasteiger partial charge is 0.387 e. The van der Waals surface area contributed by atoms with E-state index < -0.39 is 25.1 Å². The second kappa shape index (κ2) is 8.77. The summed E-state index contributed by atoms with van der Waals surface area (Å²) >= 11 is 0. The van der Waals surface area contributed by atoms with E-state index in [1.54, 1.807) is 12.1 Å². The van der Waals surface area contributed by atoms with Crippen LogP contribution in [0.5, 0.6) is 5.75 Å². The van der Waals surface area contributed by atoms with Gasteiger partial charge in [0, 0.05) is 5.69 Å². The molecule has 0 heterocycles. The van der Waals surface area contributed by atoms with Gasteiger partial charge in [-0.1, -0.05) is 25.1 Å². The highest BCUT2D eigenvalue weighted by molar-refractivity contribution is 5.95. The van der Waals surface area contributed by atoms with Crippen molar-refractivity contribution < 1.29 is 27.8 Å². The average Bonchev–Trinajstić information content (AvgIpc) is 2.60. The molecule has 1 N–H and O–H groups in total. The molecule has 7 heteroatoms. The van der Waals surface area contributed by atoms with Crippen LogP contribution in [0.15, 0.2) is 48.5 Å². The van der Waals surface area contributed by atoms with Crippen LogP contribution in [0.25, 0.3) is 0 Å². The highest BCUT2D eigenvalue weighted by atomic mass is 19.3. The maximum atomic E-state index is 12.1. The molecule has 2 rings (SSSR count).